The lowest BCUT2D eigenvalue weighted by Crippen LogP contribution is -2.37. The van der Waals surface area contributed by atoms with E-state index in [4.69, 9.17) is 5.73 Å². The summed E-state index contributed by atoms with van der Waals surface area (Å²) in [5.41, 5.74) is 5.78. The van der Waals surface area contributed by atoms with Gasteiger partial charge in [0, 0.05) is 28.8 Å². The number of nitrogens with one attached hydrogen (secondary N) is 1. The van der Waals surface area contributed by atoms with Crippen LogP contribution in [0.3, 0.4) is 0 Å². The zero-order chi connectivity index (χ0) is 20.6. The Bertz CT molecular complexity index is 967. The van der Waals surface area contributed by atoms with Gasteiger partial charge in [-0.3, -0.25) is 14.8 Å². The molecular formula is C20H19F3N4OS. The molecule has 5 nitrogen and oxygen atoms in total. The zero-order valence-electron chi connectivity index (χ0n) is 15.4. The normalized spacial score (nSPS) is 23.6. The number of fused-ring (bicyclic) bond motifs is 1. The fourth-order valence-electron chi connectivity index (χ4n) is 4.06. The second kappa shape index (κ2) is 7.70. The first-order chi connectivity index (χ1) is 13.9. The monoisotopic (exact) mass is 420 g/mol. The number of carbonyl (C=O) groups excluding carboxylic acids is 1. The smallest absolute Gasteiger partial charge is 0.274 e. The van der Waals surface area contributed by atoms with Crippen LogP contribution in [-0.2, 0) is 5.54 Å². The highest BCUT2D eigenvalue weighted by molar-refractivity contribution is 8.13. The minimum atomic E-state index is -2.65. The molecule has 1 aromatic heterocycles. The van der Waals surface area contributed by atoms with Crippen LogP contribution in [0.4, 0.5) is 18.9 Å². The number of pyridine rings is 1. The Balaban J connectivity index is 1.62. The molecule has 9 heteroatoms. The lowest BCUT2D eigenvalue weighted by Gasteiger charge is -2.36. The van der Waals surface area contributed by atoms with Crippen LogP contribution >= 0.6 is 11.8 Å². The largest absolute Gasteiger partial charge is 0.379 e. The van der Waals surface area contributed by atoms with Crippen LogP contribution < -0.4 is 11.1 Å². The van der Waals surface area contributed by atoms with E-state index in [9.17, 15) is 18.0 Å². The summed E-state index contributed by atoms with van der Waals surface area (Å²) in [6.07, 6.45) is 0.886. The molecule has 0 spiro atoms. The molecule has 4 rings (SSSR count). The zero-order valence-corrected chi connectivity index (χ0v) is 16.2. The van der Waals surface area contributed by atoms with Crippen LogP contribution in [-0.4, -0.2) is 21.8 Å². The SMILES string of the molecule is NC1=N[C@@]2(c3cc(NC(=O)c4ccc(C(F)F)cn4)ccc3F)CCCC2CS1. The van der Waals surface area contributed by atoms with Crippen LogP contribution in [0.2, 0.25) is 0 Å². The highest BCUT2D eigenvalue weighted by Gasteiger charge is 2.48. The van der Waals surface area contributed by atoms with Crippen LogP contribution in [0, 0.1) is 11.7 Å². The molecule has 3 N–H and O–H groups in total. The minimum Gasteiger partial charge on any atom is -0.379 e. The molecule has 2 atom stereocenters. The van der Waals surface area contributed by atoms with Gasteiger partial charge in [0.2, 0.25) is 0 Å². The number of aliphatic imine (C=N–C) groups is 1. The number of anilines is 1. The van der Waals surface area contributed by atoms with Crippen molar-refractivity contribution in [2.45, 2.75) is 31.2 Å². The first kappa shape index (κ1) is 19.8. The third-order valence-electron chi connectivity index (χ3n) is 5.49. The molecule has 0 saturated heterocycles. The van der Waals surface area contributed by atoms with E-state index in [0.717, 1.165) is 30.9 Å². The number of hydrogen-bond acceptors (Lipinski definition) is 5. The van der Waals surface area contributed by atoms with Gasteiger partial charge in [-0.05, 0) is 49.1 Å². The summed E-state index contributed by atoms with van der Waals surface area (Å²) in [6.45, 7) is 0. The molecule has 0 bridgehead atoms. The highest BCUT2D eigenvalue weighted by atomic mass is 32.2. The maximum atomic E-state index is 14.8. The van der Waals surface area contributed by atoms with Crippen molar-refractivity contribution in [3.05, 3.63) is 59.2 Å². The molecule has 1 aliphatic carbocycles. The maximum Gasteiger partial charge on any atom is 0.274 e. The predicted octanol–water partition coefficient (Wildman–Crippen LogP) is 4.47. The van der Waals surface area contributed by atoms with Gasteiger partial charge in [-0.1, -0.05) is 18.2 Å². The Labute approximate surface area is 170 Å². The second-order valence-corrected chi connectivity index (χ2v) is 8.24. The van der Waals surface area contributed by atoms with Crippen molar-refractivity contribution in [2.75, 3.05) is 11.1 Å². The van der Waals surface area contributed by atoms with Crippen LogP contribution in [0.5, 0.6) is 0 Å². The number of rotatable bonds is 4. The lowest BCUT2D eigenvalue weighted by atomic mass is 9.81. The van der Waals surface area contributed by atoms with E-state index in [1.54, 1.807) is 6.07 Å². The molecule has 1 amide bonds. The summed E-state index contributed by atoms with van der Waals surface area (Å²) in [7, 11) is 0. The number of thioether (sulfide) groups is 1. The van der Waals surface area contributed by atoms with Crippen molar-refractivity contribution < 1.29 is 18.0 Å². The van der Waals surface area contributed by atoms with Crippen LogP contribution in [0.15, 0.2) is 41.5 Å². The summed E-state index contributed by atoms with van der Waals surface area (Å²) in [4.78, 5) is 20.9. The van der Waals surface area contributed by atoms with Crippen molar-refractivity contribution in [1.29, 1.82) is 0 Å². The number of halogens is 3. The van der Waals surface area contributed by atoms with Gasteiger partial charge >= 0.3 is 0 Å². The van der Waals surface area contributed by atoms with Crippen molar-refractivity contribution in [2.24, 2.45) is 16.6 Å². The van der Waals surface area contributed by atoms with E-state index in [1.165, 1.54) is 30.0 Å². The van der Waals surface area contributed by atoms with Crippen molar-refractivity contribution in [3.8, 4) is 0 Å². The van der Waals surface area contributed by atoms with Gasteiger partial charge in [0.1, 0.15) is 11.5 Å². The summed E-state index contributed by atoms with van der Waals surface area (Å²) in [5.74, 6) is 0.0128. The van der Waals surface area contributed by atoms with E-state index < -0.39 is 23.7 Å². The molecular weight excluding hydrogens is 401 g/mol. The summed E-state index contributed by atoms with van der Waals surface area (Å²) in [6, 6.07) is 6.73. The predicted molar refractivity (Wildman–Crippen MR) is 107 cm³/mol. The van der Waals surface area contributed by atoms with E-state index in [0.29, 0.717) is 22.8 Å². The standard InChI is InChI=1S/C20H19F3N4OS/c21-15-5-4-13(26-18(28)16-6-3-11(9-25-16)17(22)23)8-14(15)20-7-1-2-12(20)10-29-19(24)27-20/h3-6,8-9,12,17H,1-2,7,10H2,(H2,24,27)(H,26,28)/t12?,20-/m0/s1. The molecule has 2 heterocycles. The quantitative estimate of drug-likeness (QED) is 0.765. The van der Waals surface area contributed by atoms with Gasteiger partial charge in [0.15, 0.2) is 5.17 Å². The summed E-state index contributed by atoms with van der Waals surface area (Å²) in [5, 5.41) is 3.11. The fraction of sp³-hybridized carbons (Fsp3) is 0.350. The Kier molecular flexibility index (Phi) is 5.24. The number of nitrogens with zero attached hydrogens (tertiary/aromatic N) is 2. The van der Waals surface area contributed by atoms with E-state index in [1.807, 2.05) is 0 Å². The summed E-state index contributed by atoms with van der Waals surface area (Å²) < 4.78 is 40.1. The topological polar surface area (TPSA) is 80.4 Å². The first-order valence-electron chi connectivity index (χ1n) is 9.22. The molecule has 29 heavy (non-hydrogen) atoms. The van der Waals surface area contributed by atoms with Crippen LogP contribution in [0.1, 0.15) is 47.3 Å². The average molecular weight is 420 g/mol. The van der Waals surface area contributed by atoms with Crippen LogP contribution in [0.25, 0.3) is 0 Å². The average Bonchev–Trinajstić information content (AvgIpc) is 3.13. The number of benzene rings is 1. The van der Waals surface area contributed by atoms with E-state index in [-0.39, 0.29) is 17.2 Å². The molecule has 1 aliphatic heterocycles. The van der Waals surface area contributed by atoms with Gasteiger partial charge < -0.3 is 11.1 Å². The first-order valence-corrected chi connectivity index (χ1v) is 10.2. The van der Waals surface area contributed by atoms with Crippen molar-refractivity contribution in [1.82, 2.24) is 4.98 Å². The number of amidine groups is 1. The van der Waals surface area contributed by atoms with Gasteiger partial charge in [-0.25, -0.2) is 13.2 Å². The molecule has 2 aromatic rings. The Hall–Kier alpha value is -2.55. The minimum absolute atomic E-state index is 0.00601. The number of nitrogens with two attached hydrogens (primary N) is 1. The van der Waals surface area contributed by atoms with E-state index in [2.05, 4.69) is 15.3 Å². The molecule has 1 unspecified atom stereocenters. The maximum absolute atomic E-state index is 14.8. The molecule has 0 radical (unpaired) electrons. The second-order valence-electron chi connectivity index (χ2n) is 7.20. The number of carbonyl (C=O) groups is 1. The van der Waals surface area contributed by atoms with E-state index >= 15 is 0 Å². The van der Waals surface area contributed by atoms with Gasteiger partial charge in [-0.15, -0.1) is 0 Å². The Morgan fingerprint density at radius 3 is 2.86 bits per heavy atom. The lowest BCUT2D eigenvalue weighted by molar-refractivity contribution is 0.102. The number of alkyl halides is 2. The fourth-order valence-corrected chi connectivity index (χ4v) is 5.10. The number of amides is 1. The third kappa shape index (κ3) is 3.71. The molecule has 1 saturated carbocycles. The Morgan fingerprint density at radius 1 is 1.31 bits per heavy atom. The highest BCUT2D eigenvalue weighted by Crippen LogP contribution is 2.51. The number of hydrogen-bond donors (Lipinski definition) is 2. The molecule has 1 fully saturated rings. The van der Waals surface area contributed by atoms with Gasteiger partial charge in [-0.2, -0.15) is 0 Å². The Morgan fingerprint density at radius 2 is 2.14 bits per heavy atom. The molecule has 152 valence electrons. The van der Waals surface area contributed by atoms with Crippen molar-refractivity contribution in [3.63, 3.8) is 0 Å². The number of aromatic nitrogens is 1. The van der Waals surface area contributed by atoms with Crippen molar-refractivity contribution >= 4 is 28.5 Å². The molecule has 1 aromatic carbocycles. The van der Waals surface area contributed by atoms with Gasteiger partial charge in [0.05, 0.1) is 5.54 Å². The molecule has 2 aliphatic rings. The third-order valence-corrected chi connectivity index (χ3v) is 6.45. The summed E-state index contributed by atoms with van der Waals surface area (Å²) >= 11 is 1.48. The van der Waals surface area contributed by atoms with Gasteiger partial charge in [0.25, 0.3) is 12.3 Å².